The first kappa shape index (κ1) is 24.7. The van der Waals surface area contributed by atoms with E-state index in [1.165, 1.54) is 60.8 Å². The van der Waals surface area contributed by atoms with E-state index >= 15 is 0 Å². The largest absolute Gasteiger partial charge is 0.507 e. The Morgan fingerprint density at radius 1 is 0.771 bits per heavy atom. The molecule has 5 unspecified atom stereocenters. The number of phenolic OH excluding ortho intramolecular Hbond substituents is 2. The molecular formula is C33H46O2. The summed E-state index contributed by atoms with van der Waals surface area (Å²) in [6.45, 7) is 17.6. The predicted octanol–water partition coefficient (Wildman–Crippen LogP) is 8.78. The van der Waals surface area contributed by atoms with Gasteiger partial charge in [0.2, 0.25) is 0 Å². The fourth-order valence-corrected chi connectivity index (χ4v) is 8.53. The van der Waals surface area contributed by atoms with Crippen molar-refractivity contribution >= 4 is 0 Å². The molecule has 0 heterocycles. The lowest BCUT2D eigenvalue weighted by Gasteiger charge is -2.44. The first-order chi connectivity index (χ1) is 16.2. The summed E-state index contributed by atoms with van der Waals surface area (Å²) in [4.78, 5) is 0. The fourth-order valence-electron chi connectivity index (χ4n) is 8.53. The van der Waals surface area contributed by atoms with Gasteiger partial charge in [-0.3, -0.25) is 0 Å². The number of hydrogen-bond donors (Lipinski definition) is 2. The first-order valence-corrected chi connectivity index (χ1v) is 13.9. The highest BCUT2D eigenvalue weighted by Gasteiger charge is 2.61. The summed E-state index contributed by atoms with van der Waals surface area (Å²) in [6, 6.07) is 8.92. The number of fused-ring (bicyclic) bond motifs is 3. The smallest absolute Gasteiger partial charge is 0.122 e. The van der Waals surface area contributed by atoms with E-state index in [0.717, 1.165) is 17.0 Å². The normalized spacial score (nSPS) is 30.5. The number of hydrogen-bond acceptors (Lipinski definition) is 2. The van der Waals surface area contributed by atoms with Crippen molar-refractivity contribution in [1.82, 2.24) is 0 Å². The third-order valence-electron chi connectivity index (χ3n) is 9.85. The van der Waals surface area contributed by atoms with E-state index in [0.29, 0.717) is 29.3 Å². The van der Waals surface area contributed by atoms with Crippen LogP contribution < -0.4 is 0 Å². The van der Waals surface area contributed by atoms with Crippen LogP contribution in [0.1, 0.15) is 125 Å². The van der Waals surface area contributed by atoms with Gasteiger partial charge in [0.15, 0.2) is 0 Å². The molecule has 2 nitrogen and oxygen atoms in total. The monoisotopic (exact) mass is 474 g/mol. The van der Waals surface area contributed by atoms with Crippen molar-refractivity contribution in [2.45, 2.75) is 117 Å². The average molecular weight is 475 g/mol. The number of aromatic hydroxyl groups is 2. The van der Waals surface area contributed by atoms with E-state index in [4.69, 9.17) is 0 Å². The molecule has 2 bridgehead atoms. The van der Waals surface area contributed by atoms with Gasteiger partial charge in [-0.2, -0.15) is 0 Å². The summed E-state index contributed by atoms with van der Waals surface area (Å²) < 4.78 is 0. The third kappa shape index (κ3) is 3.91. The van der Waals surface area contributed by atoms with Crippen LogP contribution in [0.5, 0.6) is 11.5 Å². The number of benzene rings is 2. The Morgan fingerprint density at radius 3 is 1.86 bits per heavy atom. The zero-order chi connectivity index (χ0) is 25.5. The molecule has 35 heavy (non-hydrogen) atoms. The fraction of sp³-hybridized carbons (Fsp3) is 0.636. The highest BCUT2D eigenvalue weighted by Crippen LogP contribution is 2.72. The maximum absolute atomic E-state index is 11.6. The summed E-state index contributed by atoms with van der Waals surface area (Å²) in [5, 5.41) is 23.1. The molecule has 0 saturated heterocycles. The summed E-state index contributed by atoms with van der Waals surface area (Å²) in [7, 11) is 0. The minimum absolute atomic E-state index is 0.0766. The van der Waals surface area contributed by atoms with E-state index < -0.39 is 0 Å². The molecule has 5 rings (SSSR count). The highest BCUT2D eigenvalue weighted by molar-refractivity contribution is 5.52. The summed E-state index contributed by atoms with van der Waals surface area (Å²) in [5.41, 5.74) is 7.16. The molecule has 2 aromatic rings. The molecule has 0 amide bonds. The molecule has 3 fully saturated rings. The average Bonchev–Trinajstić information content (AvgIpc) is 3.44. The molecule has 0 radical (unpaired) electrons. The zero-order valence-electron chi connectivity index (χ0n) is 23.3. The van der Waals surface area contributed by atoms with Gasteiger partial charge in [-0.1, -0.05) is 83.4 Å². The topological polar surface area (TPSA) is 40.5 Å². The maximum atomic E-state index is 11.6. The van der Waals surface area contributed by atoms with Gasteiger partial charge in [-0.25, -0.2) is 0 Å². The van der Waals surface area contributed by atoms with Crippen molar-refractivity contribution in [2.24, 2.45) is 17.3 Å². The lowest BCUT2D eigenvalue weighted by molar-refractivity contribution is 0.123. The first-order valence-electron chi connectivity index (χ1n) is 13.9. The molecule has 190 valence electrons. The molecular weight excluding hydrogens is 428 g/mol. The van der Waals surface area contributed by atoms with Crippen molar-refractivity contribution in [2.75, 3.05) is 0 Å². The van der Waals surface area contributed by atoms with E-state index in [9.17, 15) is 10.2 Å². The second kappa shape index (κ2) is 8.02. The van der Waals surface area contributed by atoms with Crippen molar-refractivity contribution in [3.63, 3.8) is 0 Å². The van der Waals surface area contributed by atoms with Gasteiger partial charge in [0.1, 0.15) is 11.5 Å². The van der Waals surface area contributed by atoms with Crippen LogP contribution in [0.4, 0.5) is 0 Å². The van der Waals surface area contributed by atoms with Crippen LogP contribution in [0.15, 0.2) is 24.3 Å². The summed E-state index contributed by atoms with van der Waals surface area (Å²) in [6.07, 6.45) is 7.43. The molecule has 1 spiro atoms. The number of phenols is 2. The van der Waals surface area contributed by atoms with Gasteiger partial charge in [0, 0.05) is 0 Å². The van der Waals surface area contributed by atoms with Crippen LogP contribution in [0.3, 0.4) is 0 Å². The van der Waals surface area contributed by atoms with Gasteiger partial charge >= 0.3 is 0 Å². The molecule has 0 aliphatic heterocycles. The highest BCUT2D eigenvalue weighted by atomic mass is 16.3. The van der Waals surface area contributed by atoms with Crippen molar-refractivity contribution < 1.29 is 10.2 Å². The standard InChI is InChI=1S/C33H46O2/c1-19-12-23(29(34)27(14-19)31(3,4)5)22-16-21-17-26(22)33(18-21)11-9-10-25(33)24-13-20(2)15-28(30(24)35)32(6,7)8/h12-15,21-22,25-26,34-35H,9-11,16-18H2,1-8H3. The van der Waals surface area contributed by atoms with Gasteiger partial charge in [-0.15, -0.1) is 0 Å². The number of aryl methyl sites for hydroxylation is 2. The molecule has 0 aromatic heterocycles. The lowest BCUT2D eigenvalue weighted by Crippen LogP contribution is -2.35. The van der Waals surface area contributed by atoms with Crippen LogP contribution in [-0.2, 0) is 10.8 Å². The lowest BCUT2D eigenvalue weighted by atomic mass is 9.59. The van der Waals surface area contributed by atoms with Gasteiger partial charge in [-0.05, 0) is 108 Å². The Kier molecular flexibility index (Phi) is 5.67. The molecule has 3 saturated carbocycles. The molecule has 2 N–H and O–H groups in total. The molecule has 3 aliphatic carbocycles. The van der Waals surface area contributed by atoms with Crippen LogP contribution in [-0.4, -0.2) is 10.2 Å². The van der Waals surface area contributed by atoms with Gasteiger partial charge < -0.3 is 10.2 Å². The third-order valence-corrected chi connectivity index (χ3v) is 9.85. The van der Waals surface area contributed by atoms with Crippen LogP contribution >= 0.6 is 0 Å². The summed E-state index contributed by atoms with van der Waals surface area (Å²) in [5.74, 6) is 3.23. The maximum Gasteiger partial charge on any atom is 0.122 e. The van der Waals surface area contributed by atoms with Crippen molar-refractivity contribution in [1.29, 1.82) is 0 Å². The van der Waals surface area contributed by atoms with Gasteiger partial charge in [0.05, 0.1) is 0 Å². The zero-order valence-corrected chi connectivity index (χ0v) is 23.3. The van der Waals surface area contributed by atoms with Crippen molar-refractivity contribution in [3.05, 3.63) is 57.6 Å². The van der Waals surface area contributed by atoms with E-state index in [2.05, 4.69) is 79.7 Å². The number of rotatable bonds is 2. The molecule has 5 atom stereocenters. The van der Waals surface area contributed by atoms with Crippen LogP contribution in [0.25, 0.3) is 0 Å². The second-order valence-electron chi connectivity index (χ2n) is 14.4. The second-order valence-corrected chi connectivity index (χ2v) is 14.4. The van der Waals surface area contributed by atoms with E-state index in [1.54, 1.807) is 0 Å². The Balaban J connectivity index is 1.59. The minimum Gasteiger partial charge on any atom is -0.507 e. The van der Waals surface area contributed by atoms with E-state index in [1.807, 2.05) is 0 Å². The summed E-state index contributed by atoms with van der Waals surface area (Å²) >= 11 is 0. The minimum atomic E-state index is -0.0788. The Bertz CT molecular complexity index is 1150. The SMILES string of the molecule is Cc1cc(C2CC3CC2C2(CCCC2c2cc(C)cc(C(C)(C)C)c2O)C3)c(O)c(C(C)(C)C)c1. The van der Waals surface area contributed by atoms with Crippen molar-refractivity contribution in [3.8, 4) is 11.5 Å². The quantitative estimate of drug-likeness (QED) is 0.456. The van der Waals surface area contributed by atoms with E-state index in [-0.39, 0.29) is 16.2 Å². The molecule has 2 aromatic carbocycles. The Hall–Kier alpha value is -1.96. The Labute approximate surface area is 213 Å². The molecule has 2 heteroatoms. The molecule has 3 aliphatic rings. The predicted molar refractivity (Wildman–Crippen MR) is 146 cm³/mol. The Morgan fingerprint density at radius 2 is 1.31 bits per heavy atom. The van der Waals surface area contributed by atoms with Gasteiger partial charge in [0.25, 0.3) is 0 Å². The van der Waals surface area contributed by atoms with Crippen LogP contribution in [0.2, 0.25) is 0 Å². The van der Waals surface area contributed by atoms with Crippen LogP contribution in [0, 0.1) is 31.1 Å².